The van der Waals surface area contributed by atoms with Crippen molar-refractivity contribution in [2.24, 2.45) is 0 Å². The Hall–Kier alpha value is -1.90. The number of hydrogen-bond acceptors (Lipinski definition) is 7. The standard InChI is InChI=1S/C17H21N5OS2/c1-4-21(5-2)10-11-22(16(23)15-12(3)19-20-25-15)17-18-13-8-6-7-9-14(13)24-17/h6-9H,4-5,10-11H2,1-3H3. The molecule has 0 saturated heterocycles. The molecule has 0 bridgehead atoms. The fraction of sp³-hybridized carbons (Fsp3) is 0.412. The lowest BCUT2D eigenvalue weighted by molar-refractivity contribution is 0.0987. The first-order chi connectivity index (χ1) is 12.1. The van der Waals surface area contributed by atoms with E-state index in [0.29, 0.717) is 17.1 Å². The fourth-order valence-electron chi connectivity index (χ4n) is 2.59. The van der Waals surface area contributed by atoms with Crippen molar-refractivity contribution >= 4 is 44.1 Å². The average molecular weight is 376 g/mol. The van der Waals surface area contributed by atoms with E-state index in [1.807, 2.05) is 31.2 Å². The van der Waals surface area contributed by atoms with Gasteiger partial charge in [-0.25, -0.2) is 4.98 Å². The molecule has 0 atom stereocenters. The van der Waals surface area contributed by atoms with Crippen molar-refractivity contribution in [3.05, 3.63) is 34.8 Å². The summed E-state index contributed by atoms with van der Waals surface area (Å²) in [6, 6.07) is 7.96. The number of thiazole rings is 1. The Morgan fingerprint density at radius 1 is 1.16 bits per heavy atom. The van der Waals surface area contributed by atoms with E-state index in [4.69, 9.17) is 0 Å². The minimum atomic E-state index is -0.0706. The number of aromatic nitrogens is 3. The lowest BCUT2D eigenvalue weighted by Crippen LogP contribution is -2.38. The Kier molecular flexibility index (Phi) is 5.72. The summed E-state index contributed by atoms with van der Waals surface area (Å²) >= 11 is 2.69. The van der Waals surface area contributed by atoms with Gasteiger partial charge in [0.05, 0.1) is 15.9 Å². The number of amides is 1. The van der Waals surface area contributed by atoms with Crippen LogP contribution in [0.25, 0.3) is 10.2 Å². The average Bonchev–Trinajstić information content (AvgIpc) is 3.24. The molecule has 0 N–H and O–H groups in total. The minimum Gasteiger partial charge on any atom is -0.302 e. The summed E-state index contributed by atoms with van der Waals surface area (Å²) in [5.74, 6) is -0.0706. The van der Waals surface area contributed by atoms with Crippen LogP contribution in [-0.4, -0.2) is 51.6 Å². The van der Waals surface area contributed by atoms with Gasteiger partial charge >= 0.3 is 0 Å². The second-order valence-corrected chi connectivity index (χ2v) is 7.40. The van der Waals surface area contributed by atoms with Gasteiger partial charge in [0.15, 0.2) is 5.13 Å². The zero-order valence-corrected chi connectivity index (χ0v) is 16.2. The van der Waals surface area contributed by atoms with Crippen molar-refractivity contribution in [2.45, 2.75) is 20.8 Å². The van der Waals surface area contributed by atoms with Crippen LogP contribution < -0.4 is 4.90 Å². The molecule has 25 heavy (non-hydrogen) atoms. The normalized spacial score (nSPS) is 11.4. The molecule has 3 rings (SSSR count). The van der Waals surface area contributed by atoms with Crippen LogP contribution >= 0.6 is 22.9 Å². The first-order valence-electron chi connectivity index (χ1n) is 8.32. The predicted octanol–water partition coefficient (Wildman–Crippen LogP) is 3.44. The van der Waals surface area contributed by atoms with E-state index >= 15 is 0 Å². The van der Waals surface area contributed by atoms with E-state index in [-0.39, 0.29) is 5.91 Å². The highest BCUT2D eigenvalue weighted by atomic mass is 32.1. The number of anilines is 1. The molecule has 0 aliphatic rings. The summed E-state index contributed by atoms with van der Waals surface area (Å²) in [5, 5.41) is 4.71. The summed E-state index contributed by atoms with van der Waals surface area (Å²) in [5.41, 5.74) is 1.59. The van der Waals surface area contributed by atoms with Gasteiger partial charge in [-0.15, -0.1) is 5.10 Å². The van der Waals surface area contributed by atoms with Crippen LogP contribution in [0.4, 0.5) is 5.13 Å². The molecule has 8 heteroatoms. The Bertz CT molecular complexity index is 822. The van der Waals surface area contributed by atoms with Crippen LogP contribution in [0.1, 0.15) is 29.2 Å². The van der Waals surface area contributed by atoms with Crippen molar-refractivity contribution < 1.29 is 4.79 Å². The second-order valence-electron chi connectivity index (χ2n) is 5.64. The van der Waals surface area contributed by atoms with E-state index in [2.05, 4.69) is 33.3 Å². The molecule has 0 aliphatic carbocycles. The van der Waals surface area contributed by atoms with Gasteiger partial charge < -0.3 is 4.90 Å². The third kappa shape index (κ3) is 3.86. The van der Waals surface area contributed by atoms with Crippen LogP contribution in [0.15, 0.2) is 24.3 Å². The molecule has 0 unspecified atom stereocenters. The van der Waals surface area contributed by atoms with Crippen molar-refractivity contribution in [1.29, 1.82) is 0 Å². The van der Waals surface area contributed by atoms with Crippen LogP contribution in [0, 0.1) is 6.92 Å². The molecule has 0 aliphatic heterocycles. The molecular formula is C17H21N5OS2. The number of hydrogen-bond donors (Lipinski definition) is 0. The van der Waals surface area contributed by atoms with E-state index in [1.54, 1.807) is 16.2 Å². The van der Waals surface area contributed by atoms with Crippen LogP contribution in [0.3, 0.4) is 0 Å². The van der Waals surface area contributed by atoms with Crippen molar-refractivity contribution in [3.63, 3.8) is 0 Å². The number of nitrogens with zero attached hydrogens (tertiary/aromatic N) is 5. The number of para-hydroxylation sites is 1. The Morgan fingerprint density at radius 3 is 2.56 bits per heavy atom. The number of likely N-dealkylation sites (N-methyl/N-ethyl adjacent to an activating group) is 1. The minimum absolute atomic E-state index is 0.0706. The molecular weight excluding hydrogens is 354 g/mol. The summed E-state index contributed by atoms with van der Waals surface area (Å²) in [6.45, 7) is 9.39. The molecule has 0 spiro atoms. The van der Waals surface area contributed by atoms with E-state index in [9.17, 15) is 4.79 Å². The predicted molar refractivity (Wildman–Crippen MR) is 104 cm³/mol. The van der Waals surface area contributed by atoms with Gasteiger partial charge in [-0.05, 0) is 43.7 Å². The molecule has 0 saturated carbocycles. The Labute approximate surface area is 155 Å². The van der Waals surface area contributed by atoms with Gasteiger partial charge in [-0.2, -0.15) is 0 Å². The monoisotopic (exact) mass is 375 g/mol. The Morgan fingerprint density at radius 2 is 1.92 bits per heavy atom. The molecule has 2 aromatic heterocycles. The molecule has 1 amide bonds. The highest BCUT2D eigenvalue weighted by molar-refractivity contribution is 7.22. The quantitative estimate of drug-likeness (QED) is 0.633. The second kappa shape index (κ2) is 7.99. The first-order valence-corrected chi connectivity index (χ1v) is 9.91. The lowest BCUT2D eigenvalue weighted by Gasteiger charge is -2.24. The molecule has 3 aromatic rings. The molecule has 2 heterocycles. The maximum atomic E-state index is 13.1. The van der Waals surface area contributed by atoms with Crippen molar-refractivity contribution in [2.75, 3.05) is 31.1 Å². The highest BCUT2D eigenvalue weighted by Crippen LogP contribution is 2.30. The maximum absolute atomic E-state index is 13.1. The maximum Gasteiger partial charge on any atom is 0.273 e. The SMILES string of the molecule is CCN(CC)CCN(C(=O)c1snnc1C)c1nc2ccccc2s1. The topological polar surface area (TPSA) is 62.2 Å². The number of carbonyl (C=O) groups is 1. The summed E-state index contributed by atoms with van der Waals surface area (Å²) in [4.78, 5) is 22.4. The van der Waals surface area contributed by atoms with Gasteiger partial charge in [-0.1, -0.05) is 41.8 Å². The zero-order valence-electron chi connectivity index (χ0n) is 14.6. The van der Waals surface area contributed by atoms with Crippen LogP contribution in [-0.2, 0) is 0 Å². The van der Waals surface area contributed by atoms with Gasteiger partial charge in [0.25, 0.3) is 5.91 Å². The number of benzene rings is 1. The lowest BCUT2D eigenvalue weighted by atomic mass is 10.3. The Balaban J connectivity index is 1.93. The highest BCUT2D eigenvalue weighted by Gasteiger charge is 2.25. The van der Waals surface area contributed by atoms with Gasteiger partial charge in [0.2, 0.25) is 0 Å². The van der Waals surface area contributed by atoms with Crippen LogP contribution in [0.5, 0.6) is 0 Å². The first kappa shape index (κ1) is 17.9. The number of fused-ring (bicyclic) bond motifs is 1. The zero-order chi connectivity index (χ0) is 17.8. The van der Waals surface area contributed by atoms with Crippen molar-refractivity contribution in [1.82, 2.24) is 19.5 Å². The van der Waals surface area contributed by atoms with Gasteiger partial charge in [0.1, 0.15) is 4.88 Å². The molecule has 132 valence electrons. The third-order valence-electron chi connectivity index (χ3n) is 4.14. The number of aryl methyl sites for hydroxylation is 1. The summed E-state index contributed by atoms with van der Waals surface area (Å²) in [7, 11) is 0. The van der Waals surface area contributed by atoms with E-state index in [0.717, 1.165) is 46.5 Å². The van der Waals surface area contributed by atoms with E-state index < -0.39 is 0 Å². The molecule has 1 aromatic carbocycles. The number of rotatable bonds is 7. The molecule has 0 radical (unpaired) electrons. The molecule has 0 fully saturated rings. The fourth-order valence-corrected chi connectivity index (χ4v) is 4.19. The van der Waals surface area contributed by atoms with Gasteiger partial charge in [-0.3, -0.25) is 9.69 Å². The smallest absolute Gasteiger partial charge is 0.273 e. The largest absolute Gasteiger partial charge is 0.302 e. The summed E-state index contributed by atoms with van der Waals surface area (Å²) in [6.07, 6.45) is 0. The van der Waals surface area contributed by atoms with Crippen molar-refractivity contribution in [3.8, 4) is 0 Å². The third-order valence-corrected chi connectivity index (χ3v) is 6.01. The van der Waals surface area contributed by atoms with Crippen LogP contribution in [0.2, 0.25) is 0 Å². The summed E-state index contributed by atoms with van der Waals surface area (Å²) < 4.78 is 4.99. The number of carbonyl (C=O) groups excluding carboxylic acids is 1. The molecule has 6 nitrogen and oxygen atoms in total. The van der Waals surface area contributed by atoms with E-state index in [1.165, 1.54) is 0 Å². The van der Waals surface area contributed by atoms with Gasteiger partial charge in [0, 0.05) is 13.1 Å².